The van der Waals surface area contributed by atoms with E-state index in [-0.39, 0.29) is 34.8 Å². The number of guanidine groups is 1. The summed E-state index contributed by atoms with van der Waals surface area (Å²) in [6.45, 7) is 14.8. The maximum Gasteiger partial charge on any atom is 0.410 e. The van der Waals surface area contributed by atoms with Crippen LogP contribution in [-0.4, -0.2) is 77.7 Å². The number of hydrogen-bond acceptors (Lipinski definition) is 4. The molecule has 0 spiro atoms. The number of amides is 1. The highest BCUT2D eigenvalue weighted by molar-refractivity contribution is 14.0. The molecular formula is C19H37IN4O2S. The smallest absolute Gasteiger partial charge is 0.410 e. The number of nitrogens with zero attached hydrogens (tertiary/aromatic N) is 3. The van der Waals surface area contributed by atoms with Gasteiger partial charge in [0.1, 0.15) is 5.60 Å². The minimum Gasteiger partial charge on any atom is -0.444 e. The van der Waals surface area contributed by atoms with Gasteiger partial charge in [-0.25, -0.2) is 4.79 Å². The van der Waals surface area contributed by atoms with Gasteiger partial charge in [0.2, 0.25) is 0 Å². The Morgan fingerprint density at radius 3 is 2.37 bits per heavy atom. The second kappa shape index (κ2) is 10.4. The van der Waals surface area contributed by atoms with Crippen molar-refractivity contribution in [1.82, 2.24) is 15.1 Å². The van der Waals surface area contributed by atoms with Crippen molar-refractivity contribution in [2.75, 3.05) is 45.5 Å². The molecule has 0 aromatic carbocycles. The van der Waals surface area contributed by atoms with Gasteiger partial charge in [-0.3, -0.25) is 4.99 Å². The molecule has 8 heteroatoms. The molecule has 2 aliphatic heterocycles. The Bertz CT molecular complexity index is 514. The molecule has 0 saturated carbocycles. The van der Waals surface area contributed by atoms with Crippen LogP contribution in [0, 0.1) is 5.92 Å². The van der Waals surface area contributed by atoms with E-state index in [0.29, 0.717) is 5.92 Å². The first-order valence-corrected chi connectivity index (χ1v) is 10.7. The molecule has 2 saturated heterocycles. The summed E-state index contributed by atoms with van der Waals surface area (Å²) >= 11 is 2.03. The van der Waals surface area contributed by atoms with Crippen LogP contribution in [0.1, 0.15) is 47.5 Å². The van der Waals surface area contributed by atoms with Crippen LogP contribution < -0.4 is 5.32 Å². The minimum atomic E-state index is -0.428. The number of carbonyl (C=O) groups excluding carboxylic acids is 1. The lowest BCUT2D eigenvalue weighted by atomic mass is 9.97. The summed E-state index contributed by atoms with van der Waals surface area (Å²) in [5.41, 5.74) is -0.428. The second-order valence-corrected chi connectivity index (χ2v) is 10.7. The van der Waals surface area contributed by atoms with E-state index >= 15 is 0 Å². The molecular weight excluding hydrogens is 475 g/mol. The van der Waals surface area contributed by atoms with E-state index in [2.05, 4.69) is 29.1 Å². The lowest BCUT2D eigenvalue weighted by molar-refractivity contribution is 0.0185. The van der Waals surface area contributed by atoms with Crippen molar-refractivity contribution in [3.05, 3.63) is 0 Å². The van der Waals surface area contributed by atoms with Gasteiger partial charge in [-0.05, 0) is 53.4 Å². The van der Waals surface area contributed by atoms with Gasteiger partial charge in [-0.15, -0.1) is 24.0 Å². The summed E-state index contributed by atoms with van der Waals surface area (Å²) in [6.07, 6.45) is 1.82. The van der Waals surface area contributed by atoms with Crippen LogP contribution in [-0.2, 0) is 4.74 Å². The van der Waals surface area contributed by atoms with Crippen molar-refractivity contribution in [2.24, 2.45) is 10.9 Å². The number of likely N-dealkylation sites (tertiary alicyclic amines) is 1. The van der Waals surface area contributed by atoms with Crippen LogP contribution in [0.3, 0.4) is 0 Å². The minimum absolute atomic E-state index is 0. The zero-order chi connectivity index (χ0) is 19.4. The monoisotopic (exact) mass is 512 g/mol. The van der Waals surface area contributed by atoms with Crippen molar-refractivity contribution < 1.29 is 9.53 Å². The van der Waals surface area contributed by atoms with Crippen molar-refractivity contribution in [1.29, 1.82) is 0 Å². The quantitative estimate of drug-likeness (QED) is 0.348. The molecule has 0 aliphatic carbocycles. The number of piperidine rings is 1. The lowest BCUT2D eigenvalue weighted by Gasteiger charge is -2.40. The van der Waals surface area contributed by atoms with Crippen LogP contribution >= 0.6 is 35.7 Å². The fraction of sp³-hybridized carbons (Fsp3) is 0.895. The molecule has 1 amide bonds. The molecule has 2 aliphatic rings. The van der Waals surface area contributed by atoms with E-state index in [1.165, 1.54) is 0 Å². The van der Waals surface area contributed by atoms with Gasteiger partial charge in [0.05, 0.1) is 0 Å². The highest BCUT2D eigenvalue weighted by Gasteiger charge is 2.30. The molecule has 27 heavy (non-hydrogen) atoms. The van der Waals surface area contributed by atoms with Gasteiger partial charge < -0.3 is 19.9 Å². The number of thioether (sulfide) groups is 1. The molecule has 158 valence electrons. The summed E-state index contributed by atoms with van der Waals surface area (Å²) in [5.74, 6) is 2.72. The van der Waals surface area contributed by atoms with Crippen LogP contribution in [0.4, 0.5) is 4.79 Å². The highest BCUT2D eigenvalue weighted by Crippen LogP contribution is 2.29. The van der Waals surface area contributed by atoms with Crippen molar-refractivity contribution >= 4 is 47.8 Å². The van der Waals surface area contributed by atoms with Crippen molar-refractivity contribution in [3.63, 3.8) is 0 Å². The molecule has 0 aromatic heterocycles. The van der Waals surface area contributed by atoms with E-state index in [4.69, 9.17) is 4.74 Å². The largest absolute Gasteiger partial charge is 0.444 e. The summed E-state index contributed by atoms with van der Waals surface area (Å²) in [4.78, 5) is 20.8. The van der Waals surface area contributed by atoms with Crippen LogP contribution in [0.25, 0.3) is 0 Å². The number of hydrogen-bond donors (Lipinski definition) is 1. The van der Waals surface area contributed by atoms with Gasteiger partial charge in [0.15, 0.2) is 5.96 Å². The Balaban J connectivity index is 0.00000364. The van der Waals surface area contributed by atoms with Gasteiger partial charge >= 0.3 is 6.09 Å². The summed E-state index contributed by atoms with van der Waals surface area (Å²) in [7, 11) is 1.86. The van der Waals surface area contributed by atoms with Crippen LogP contribution in [0.2, 0.25) is 0 Å². The maximum absolute atomic E-state index is 12.2. The molecule has 0 atom stereocenters. The molecule has 6 nitrogen and oxygen atoms in total. The maximum atomic E-state index is 12.2. The van der Waals surface area contributed by atoms with E-state index in [9.17, 15) is 4.79 Å². The first-order valence-electron chi connectivity index (χ1n) is 9.67. The molecule has 2 heterocycles. The van der Waals surface area contributed by atoms with Crippen molar-refractivity contribution in [2.45, 2.75) is 57.8 Å². The van der Waals surface area contributed by atoms with E-state index in [0.717, 1.165) is 57.3 Å². The standard InChI is InChI=1S/C19H36N4O2S.HI/c1-18(2,3)25-17(24)22-9-7-15(8-10-22)13-21-16(20-6)23-11-12-26-19(4,5)14-23;/h15H,7-14H2,1-6H3,(H,20,21);1H. The Morgan fingerprint density at radius 2 is 1.85 bits per heavy atom. The van der Waals surface area contributed by atoms with Crippen molar-refractivity contribution in [3.8, 4) is 0 Å². The Hall–Kier alpha value is -0.380. The van der Waals surface area contributed by atoms with Gasteiger partial charge in [-0.2, -0.15) is 11.8 Å². The second-order valence-electron chi connectivity index (χ2n) is 8.87. The number of nitrogens with one attached hydrogen (secondary N) is 1. The Kier molecular flexibility index (Phi) is 9.51. The van der Waals surface area contributed by atoms with E-state index in [1.54, 1.807) is 0 Å². The SMILES string of the molecule is CN=C(NCC1CCN(C(=O)OC(C)(C)C)CC1)N1CCSC(C)(C)C1.I. The van der Waals surface area contributed by atoms with Gasteiger partial charge in [0, 0.05) is 50.3 Å². The first kappa shape index (κ1) is 24.7. The van der Waals surface area contributed by atoms with E-state index < -0.39 is 5.60 Å². The lowest BCUT2D eigenvalue weighted by Crippen LogP contribution is -2.52. The average molecular weight is 513 g/mol. The first-order chi connectivity index (χ1) is 12.1. The molecule has 0 bridgehead atoms. The number of aliphatic imine (C=N–C) groups is 1. The number of rotatable bonds is 2. The molecule has 2 fully saturated rings. The Morgan fingerprint density at radius 1 is 1.22 bits per heavy atom. The van der Waals surface area contributed by atoms with Gasteiger partial charge in [-0.1, -0.05) is 0 Å². The number of halogens is 1. The van der Waals surface area contributed by atoms with Crippen LogP contribution in [0.15, 0.2) is 4.99 Å². The number of carbonyl (C=O) groups is 1. The Labute approximate surface area is 186 Å². The summed E-state index contributed by atoms with van der Waals surface area (Å²) in [6, 6.07) is 0. The summed E-state index contributed by atoms with van der Waals surface area (Å²) < 4.78 is 5.74. The average Bonchev–Trinajstić information content (AvgIpc) is 2.53. The highest BCUT2D eigenvalue weighted by atomic mass is 127. The predicted octanol–water partition coefficient (Wildman–Crippen LogP) is 3.65. The third-order valence-corrected chi connectivity index (χ3v) is 6.05. The molecule has 0 unspecified atom stereocenters. The fourth-order valence-corrected chi connectivity index (χ4v) is 4.52. The molecule has 0 aromatic rings. The molecule has 2 rings (SSSR count). The van der Waals surface area contributed by atoms with E-state index in [1.807, 2.05) is 44.5 Å². The van der Waals surface area contributed by atoms with Crippen LogP contribution in [0.5, 0.6) is 0 Å². The normalized spacial score (nSPS) is 21.5. The number of ether oxygens (including phenoxy) is 1. The zero-order valence-electron chi connectivity index (χ0n) is 17.7. The summed E-state index contributed by atoms with van der Waals surface area (Å²) in [5, 5.41) is 3.56. The van der Waals surface area contributed by atoms with Gasteiger partial charge in [0.25, 0.3) is 0 Å². The molecule has 0 radical (unpaired) electrons. The zero-order valence-corrected chi connectivity index (χ0v) is 20.9. The third-order valence-electron chi connectivity index (χ3n) is 4.75. The fourth-order valence-electron chi connectivity index (χ4n) is 3.41. The molecule has 1 N–H and O–H groups in total. The predicted molar refractivity (Wildman–Crippen MR) is 125 cm³/mol. The third kappa shape index (κ3) is 8.25. The topological polar surface area (TPSA) is 57.2 Å².